The molecule has 0 aliphatic rings. The van der Waals surface area contributed by atoms with Crippen molar-refractivity contribution in [1.29, 1.82) is 0 Å². The SMILES string of the molecule is CCCCCCCCCCCCCCCCCCCC(=O)OC[C@@H](COC(=O)CCCCCCCCCCCC(C)C)OC(=O)CCCCCCCCCCCCCC(C)C. The average Bonchev–Trinajstić information content (AvgIpc) is 3.23. The third kappa shape index (κ3) is 49.3. The first-order valence-corrected chi connectivity index (χ1v) is 27.2. The molecule has 0 unspecified atom stereocenters. The Morgan fingerprint density at radius 2 is 0.541 bits per heavy atom. The Hall–Kier alpha value is -1.59. The van der Waals surface area contributed by atoms with Gasteiger partial charge in [0.05, 0.1) is 0 Å². The van der Waals surface area contributed by atoms with Gasteiger partial charge in [0.25, 0.3) is 0 Å². The summed E-state index contributed by atoms with van der Waals surface area (Å²) in [5, 5.41) is 0. The average molecular weight is 863 g/mol. The molecule has 6 nitrogen and oxygen atoms in total. The highest BCUT2D eigenvalue weighted by Gasteiger charge is 2.19. The van der Waals surface area contributed by atoms with Crippen LogP contribution in [0.2, 0.25) is 0 Å². The Morgan fingerprint density at radius 1 is 0.311 bits per heavy atom. The van der Waals surface area contributed by atoms with Gasteiger partial charge in [0, 0.05) is 19.3 Å². The Morgan fingerprint density at radius 3 is 0.803 bits per heavy atom. The molecule has 0 fully saturated rings. The number of esters is 3. The fourth-order valence-electron chi connectivity index (χ4n) is 8.34. The van der Waals surface area contributed by atoms with Gasteiger partial charge in [-0.2, -0.15) is 0 Å². The number of ether oxygens (including phenoxy) is 3. The first kappa shape index (κ1) is 59.4. The zero-order valence-electron chi connectivity index (χ0n) is 41.8. The van der Waals surface area contributed by atoms with Crippen LogP contribution in [0.5, 0.6) is 0 Å². The van der Waals surface area contributed by atoms with E-state index in [1.807, 2.05) is 0 Å². The maximum absolute atomic E-state index is 12.8. The van der Waals surface area contributed by atoms with Crippen LogP contribution in [0.25, 0.3) is 0 Å². The number of unbranched alkanes of at least 4 members (excludes halogenated alkanes) is 34. The molecule has 0 aromatic rings. The van der Waals surface area contributed by atoms with E-state index in [2.05, 4.69) is 34.6 Å². The minimum atomic E-state index is -0.762. The first-order valence-electron chi connectivity index (χ1n) is 27.2. The lowest BCUT2D eigenvalue weighted by Crippen LogP contribution is -2.30. The molecular weight excluding hydrogens is 757 g/mol. The first-order chi connectivity index (χ1) is 29.7. The fraction of sp³-hybridized carbons (Fsp3) is 0.945. The van der Waals surface area contributed by atoms with E-state index in [1.165, 1.54) is 193 Å². The summed E-state index contributed by atoms with van der Waals surface area (Å²) in [5.74, 6) is 0.788. The van der Waals surface area contributed by atoms with E-state index < -0.39 is 6.10 Å². The number of carbonyl (C=O) groups is 3. The zero-order valence-corrected chi connectivity index (χ0v) is 41.8. The predicted octanol–water partition coefficient (Wildman–Crippen LogP) is 17.7. The second kappa shape index (κ2) is 47.9. The lowest BCUT2D eigenvalue weighted by atomic mass is 10.0. The fourth-order valence-corrected chi connectivity index (χ4v) is 8.34. The molecule has 362 valence electrons. The minimum Gasteiger partial charge on any atom is -0.462 e. The summed E-state index contributed by atoms with van der Waals surface area (Å²) in [6.07, 6.45) is 49.5. The number of rotatable bonds is 49. The molecule has 0 aromatic heterocycles. The van der Waals surface area contributed by atoms with Gasteiger partial charge >= 0.3 is 17.9 Å². The van der Waals surface area contributed by atoms with Crippen LogP contribution in [0, 0.1) is 11.8 Å². The van der Waals surface area contributed by atoms with Gasteiger partial charge in [-0.1, -0.05) is 266 Å². The van der Waals surface area contributed by atoms with Crippen molar-refractivity contribution >= 4 is 17.9 Å². The Kier molecular flexibility index (Phi) is 46.6. The largest absolute Gasteiger partial charge is 0.462 e. The van der Waals surface area contributed by atoms with Gasteiger partial charge in [-0.3, -0.25) is 14.4 Å². The summed E-state index contributed by atoms with van der Waals surface area (Å²) in [5.41, 5.74) is 0. The summed E-state index contributed by atoms with van der Waals surface area (Å²) >= 11 is 0. The van der Waals surface area contributed by atoms with Crippen LogP contribution in [-0.4, -0.2) is 37.2 Å². The second-order valence-electron chi connectivity index (χ2n) is 19.8. The highest BCUT2D eigenvalue weighted by Crippen LogP contribution is 2.18. The van der Waals surface area contributed by atoms with Gasteiger partial charge in [-0.25, -0.2) is 0 Å². The monoisotopic (exact) mass is 863 g/mol. The van der Waals surface area contributed by atoms with Gasteiger partial charge in [0.1, 0.15) is 13.2 Å². The van der Waals surface area contributed by atoms with Crippen molar-refractivity contribution in [3.63, 3.8) is 0 Å². The van der Waals surface area contributed by atoms with Crippen LogP contribution in [0.3, 0.4) is 0 Å². The Balaban J connectivity index is 4.29. The van der Waals surface area contributed by atoms with E-state index in [0.717, 1.165) is 69.6 Å². The normalized spacial score (nSPS) is 12.0. The van der Waals surface area contributed by atoms with Crippen molar-refractivity contribution in [2.24, 2.45) is 11.8 Å². The van der Waals surface area contributed by atoms with Crippen LogP contribution in [0.4, 0.5) is 0 Å². The molecule has 0 aliphatic carbocycles. The van der Waals surface area contributed by atoms with E-state index in [1.54, 1.807) is 0 Å². The van der Waals surface area contributed by atoms with Gasteiger partial charge in [0.15, 0.2) is 6.10 Å². The highest BCUT2D eigenvalue weighted by molar-refractivity contribution is 5.71. The molecule has 1 atom stereocenters. The second-order valence-corrected chi connectivity index (χ2v) is 19.8. The van der Waals surface area contributed by atoms with Crippen molar-refractivity contribution in [2.75, 3.05) is 13.2 Å². The van der Waals surface area contributed by atoms with Crippen LogP contribution >= 0.6 is 0 Å². The number of hydrogen-bond donors (Lipinski definition) is 0. The standard InChI is InChI=1S/C55H106O6/c1-6-7-8-9-10-11-12-13-14-15-16-17-20-25-30-35-40-45-53(56)59-48-52(49-60-54(57)46-41-36-31-27-22-24-29-34-39-44-51(4)5)61-55(58)47-42-37-32-26-21-18-19-23-28-33-38-43-50(2)3/h50-52H,6-49H2,1-5H3/t52-/m0/s1. The van der Waals surface area contributed by atoms with Crippen LogP contribution < -0.4 is 0 Å². The maximum atomic E-state index is 12.8. The van der Waals surface area contributed by atoms with Crippen LogP contribution in [-0.2, 0) is 28.6 Å². The van der Waals surface area contributed by atoms with Crippen molar-refractivity contribution in [3.8, 4) is 0 Å². The molecule has 0 radical (unpaired) electrons. The molecule has 0 heterocycles. The molecule has 6 heteroatoms. The number of carbonyl (C=O) groups excluding carboxylic acids is 3. The molecule has 61 heavy (non-hydrogen) atoms. The maximum Gasteiger partial charge on any atom is 0.306 e. The van der Waals surface area contributed by atoms with Crippen LogP contribution in [0.1, 0.15) is 304 Å². The van der Waals surface area contributed by atoms with E-state index in [0.29, 0.717) is 19.3 Å². The summed E-state index contributed by atoms with van der Waals surface area (Å²) in [6, 6.07) is 0. The molecule has 0 N–H and O–H groups in total. The summed E-state index contributed by atoms with van der Waals surface area (Å²) < 4.78 is 16.8. The summed E-state index contributed by atoms with van der Waals surface area (Å²) in [4.78, 5) is 38.0. The molecule has 0 bridgehead atoms. The van der Waals surface area contributed by atoms with E-state index in [9.17, 15) is 14.4 Å². The summed E-state index contributed by atoms with van der Waals surface area (Å²) in [6.45, 7) is 11.4. The van der Waals surface area contributed by atoms with E-state index in [-0.39, 0.29) is 31.1 Å². The van der Waals surface area contributed by atoms with Crippen molar-refractivity contribution in [3.05, 3.63) is 0 Å². The van der Waals surface area contributed by atoms with Gasteiger partial charge in [-0.15, -0.1) is 0 Å². The zero-order chi connectivity index (χ0) is 44.7. The molecule has 0 rings (SSSR count). The van der Waals surface area contributed by atoms with Gasteiger partial charge in [-0.05, 0) is 31.1 Å². The summed E-state index contributed by atoms with van der Waals surface area (Å²) in [7, 11) is 0. The molecule has 0 saturated carbocycles. The smallest absolute Gasteiger partial charge is 0.306 e. The van der Waals surface area contributed by atoms with E-state index in [4.69, 9.17) is 14.2 Å². The van der Waals surface area contributed by atoms with Crippen molar-refractivity contribution in [1.82, 2.24) is 0 Å². The third-order valence-corrected chi connectivity index (χ3v) is 12.5. The number of hydrogen-bond acceptors (Lipinski definition) is 6. The lowest BCUT2D eigenvalue weighted by molar-refractivity contribution is -0.167. The lowest BCUT2D eigenvalue weighted by Gasteiger charge is -2.18. The third-order valence-electron chi connectivity index (χ3n) is 12.5. The predicted molar refractivity (Wildman–Crippen MR) is 261 cm³/mol. The molecule has 0 saturated heterocycles. The molecule has 0 amide bonds. The molecular formula is C55H106O6. The topological polar surface area (TPSA) is 78.9 Å². The van der Waals surface area contributed by atoms with E-state index >= 15 is 0 Å². The van der Waals surface area contributed by atoms with Crippen LogP contribution in [0.15, 0.2) is 0 Å². The van der Waals surface area contributed by atoms with Gasteiger partial charge in [0.2, 0.25) is 0 Å². The van der Waals surface area contributed by atoms with Crippen molar-refractivity contribution in [2.45, 2.75) is 310 Å². The minimum absolute atomic E-state index is 0.0635. The quantitative estimate of drug-likeness (QED) is 0.0344. The Bertz CT molecular complexity index is 931. The van der Waals surface area contributed by atoms with Crippen molar-refractivity contribution < 1.29 is 28.6 Å². The highest BCUT2D eigenvalue weighted by atomic mass is 16.6. The molecule has 0 spiro atoms. The Labute approximate surface area is 380 Å². The van der Waals surface area contributed by atoms with Gasteiger partial charge < -0.3 is 14.2 Å². The molecule has 0 aromatic carbocycles. The molecule has 0 aliphatic heterocycles.